The summed E-state index contributed by atoms with van der Waals surface area (Å²) in [7, 11) is 0. The van der Waals surface area contributed by atoms with Crippen LogP contribution in [0.2, 0.25) is 0 Å². The quantitative estimate of drug-likeness (QED) is 0.449. The SMILES string of the molecule is Nc1ccn([C@H]2O[C@H](CO)[C@@H](O)[C@@H]2O)c(=O)n1. The molecule has 0 spiro atoms. The molecular formula is C9H13N3O5. The van der Waals surface area contributed by atoms with Crippen molar-refractivity contribution in [1.29, 1.82) is 0 Å². The second-order valence-electron chi connectivity index (χ2n) is 3.77. The van der Waals surface area contributed by atoms with Crippen LogP contribution in [-0.2, 0) is 4.74 Å². The van der Waals surface area contributed by atoms with Crippen molar-refractivity contribution in [2.75, 3.05) is 12.3 Å². The molecule has 0 saturated carbocycles. The van der Waals surface area contributed by atoms with Gasteiger partial charge in [-0.15, -0.1) is 0 Å². The molecule has 1 saturated heterocycles. The van der Waals surface area contributed by atoms with Crippen LogP contribution in [0.25, 0.3) is 0 Å². The van der Waals surface area contributed by atoms with Gasteiger partial charge in [0, 0.05) is 6.20 Å². The fourth-order valence-electron chi connectivity index (χ4n) is 1.73. The normalized spacial score (nSPS) is 32.9. The largest absolute Gasteiger partial charge is 0.394 e. The Bertz CT molecular complexity index is 462. The summed E-state index contributed by atoms with van der Waals surface area (Å²) >= 11 is 0. The standard InChI is InChI=1S/C9H13N3O5/c10-5-1-2-12(9(16)11-5)8-7(15)6(14)4(3-13)17-8/h1-2,4,6-8,13-15H,3H2,(H2,10,11,16)/t4-,6-,7+,8+/m1/s1. The van der Waals surface area contributed by atoms with E-state index in [2.05, 4.69) is 4.98 Å². The van der Waals surface area contributed by atoms with E-state index in [1.165, 1.54) is 12.3 Å². The van der Waals surface area contributed by atoms with Gasteiger partial charge in [0.2, 0.25) is 0 Å². The molecule has 0 bridgehead atoms. The summed E-state index contributed by atoms with van der Waals surface area (Å²) in [4.78, 5) is 15.0. The van der Waals surface area contributed by atoms with Gasteiger partial charge in [-0.1, -0.05) is 0 Å². The average Bonchev–Trinajstić information content (AvgIpc) is 2.57. The molecule has 0 aliphatic carbocycles. The third-order valence-corrected chi connectivity index (χ3v) is 2.64. The van der Waals surface area contributed by atoms with E-state index in [0.29, 0.717) is 0 Å². The summed E-state index contributed by atoms with van der Waals surface area (Å²) in [6.45, 7) is -0.453. The highest BCUT2D eigenvalue weighted by Crippen LogP contribution is 2.27. The van der Waals surface area contributed by atoms with Crippen LogP contribution in [0.15, 0.2) is 17.1 Å². The lowest BCUT2D eigenvalue weighted by Gasteiger charge is -2.16. The highest BCUT2D eigenvalue weighted by Gasteiger charge is 2.43. The van der Waals surface area contributed by atoms with Crippen molar-refractivity contribution in [3.8, 4) is 0 Å². The van der Waals surface area contributed by atoms with Crippen molar-refractivity contribution in [3.63, 3.8) is 0 Å². The van der Waals surface area contributed by atoms with E-state index in [1.807, 2.05) is 0 Å². The molecule has 1 aromatic rings. The van der Waals surface area contributed by atoms with Gasteiger partial charge >= 0.3 is 5.69 Å². The minimum Gasteiger partial charge on any atom is -0.394 e. The maximum Gasteiger partial charge on any atom is 0.351 e. The third-order valence-electron chi connectivity index (χ3n) is 2.64. The molecule has 2 heterocycles. The number of anilines is 1. The van der Waals surface area contributed by atoms with Gasteiger partial charge in [-0.2, -0.15) is 4.98 Å². The molecule has 1 aromatic heterocycles. The van der Waals surface area contributed by atoms with Gasteiger partial charge in [0.05, 0.1) is 6.61 Å². The summed E-state index contributed by atoms with van der Waals surface area (Å²) in [5.74, 6) is 0.0537. The van der Waals surface area contributed by atoms with Gasteiger partial charge in [-0.05, 0) is 6.07 Å². The number of aliphatic hydroxyl groups excluding tert-OH is 3. The number of nitrogen functional groups attached to an aromatic ring is 1. The van der Waals surface area contributed by atoms with Gasteiger partial charge in [-0.3, -0.25) is 4.57 Å². The Hall–Kier alpha value is -1.48. The van der Waals surface area contributed by atoms with Gasteiger partial charge in [0.25, 0.3) is 0 Å². The average molecular weight is 243 g/mol. The van der Waals surface area contributed by atoms with Crippen LogP contribution < -0.4 is 11.4 Å². The molecule has 0 radical (unpaired) electrons. The molecule has 94 valence electrons. The van der Waals surface area contributed by atoms with Crippen LogP contribution in [0.1, 0.15) is 6.23 Å². The van der Waals surface area contributed by atoms with Gasteiger partial charge in [0.1, 0.15) is 24.1 Å². The molecule has 0 aromatic carbocycles. The minimum absolute atomic E-state index is 0.0537. The Morgan fingerprint density at radius 2 is 2.18 bits per heavy atom. The predicted molar refractivity (Wildman–Crippen MR) is 55.9 cm³/mol. The second kappa shape index (κ2) is 4.41. The fraction of sp³-hybridized carbons (Fsp3) is 0.556. The van der Waals surface area contributed by atoms with Crippen molar-refractivity contribution in [2.24, 2.45) is 0 Å². The van der Waals surface area contributed by atoms with Crippen LogP contribution in [0.5, 0.6) is 0 Å². The molecule has 0 amide bonds. The number of nitrogens with two attached hydrogens (primary N) is 1. The Labute approximate surface area is 95.9 Å². The molecule has 2 rings (SSSR count). The first-order valence-electron chi connectivity index (χ1n) is 5.01. The van der Waals surface area contributed by atoms with Crippen molar-refractivity contribution < 1.29 is 20.1 Å². The van der Waals surface area contributed by atoms with E-state index < -0.39 is 36.8 Å². The molecule has 8 nitrogen and oxygen atoms in total. The van der Waals surface area contributed by atoms with E-state index in [9.17, 15) is 15.0 Å². The first kappa shape index (κ1) is 12.0. The van der Waals surface area contributed by atoms with Crippen LogP contribution in [0, 0.1) is 0 Å². The summed E-state index contributed by atoms with van der Waals surface area (Å²) in [6.07, 6.45) is -3.27. The van der Waals surface area contributed by atoms with E-state index in [0.717, 1.165) is 4.57 Å². The Kier molecular flexibility index (Phi) is 3.11. The smallest absolute Gasteiger partial charge is 0.351 e. The molecule has 1 aliphatic rings. The third kappa shape index (κ3) is 2.03. The lowest BCUT2D eigenvalue weighted by atomic mass is 10.1. The zero-order valence-electron chi connectivity index (χ0n) is 8.80. The zero-order valence-corrected chi connectivity index (χ0v) is 8.80. The number of nitrogens with zero attached hydrogens (tertiary/aromatic N) is 2. The lowest BCUT2D eigenvalue weighted by molar-refractivity contribution is -0.0549. The fourth-order valence-corrected chi connectivity index (χ4v) is 1.73. The van der Waals surface area contributed by atoms with Crippen molar-refractivity contribution in [2.45, 2.75) is 24.5 Å². The van der Waals surface area contributed by atoms with Gasteiger partial charge in [-0.25, -0.2) is 4.79 Å². The van der Waals surface area contributed by atoms with E-state index in [-0.39, 0.29) is 5.82 Å². The highest BCUT2D eigenvalue weighted by molar-refractivity contribution is 5.23. The van der Waals surface area contributed by atoms with Crippen molar-refractivity contribution in [3.05, 3.63) is 22.7 Å². The van der Waals surface area contributed by atoms with Crippen molar-refractivity contribution >= 4 is 5.82 Å². The van der Waals surface area contributed by atoms with Crippen LogP contribution in [0.3, 0.4) is 0 Å². The molecular weight excluding hydrogens is 230 g/mol. The summed E-state index contributed by atoms with van der Waals surface area (Å²) in [5.41, 5.74) is 4.63. The predicted octanol–water partition coefficient (Wildman–Crippen LogP) is -2.56. The minimum atomic E-state index is -1.31. The summed E-state index contributed by atoms with van der Waals surface area (Å²) < 4.78 is 6.19. The molecule has 17 heavy (non-hydrogen) atoms. The molecule has 4 atom stereocenters. The van der Waals surface area contributed by atoms with Crippen LogP contribution >= 0.6 is 0 Å². The van der Waals surface area contributed by atoms with E-state index in [1.54, 1.807) is 0 Å². The lowest BCUT2D eigenvalue weighted by Crippen LogP contribution is -2.36. The van der Waals surface area contributed by atoms with E-state index in [4.69, 9.17) is 15.6 Å². The molecule has 0 unspecified atom stereocenters. The zero-order chi connectivity index (χ0) is 12.6. The Balaban J connectivity index is 2.32. The first-order valence-corrected chi connectivity index (χ1v) is 5.01. The summed E-state index contributed by atoms with van der Waals surface area (Å²) in [5, 5.41) is 28.2. The van der Waals surface area contributed by atoms with Gasteiger partial charge < -0.3 is 25.8 Å². The van der Waals surface area contributed by atoms with Crippen molar-refractivity contribution in [1.82, 2.24) is 9.55 Å². The monoisotopic (exact) mass is 243 g/mol. The summed E-state index contributed by atoms with van der Waals surface area (Å²) in [6, 6.07) is 1.37. The topological polar surface area (TPSA) is 131 Å². The number of aliphatic hydroxyl groups is 3. The number of aromatic nitrogens is 2. The Morgan fingerprint density at radius 3 is 2.71 bits per heavy atom. The molecule has 1 fully saturated rings. The Morgan fingerprint density at radius 1 is 1.47 bits per heavy atom. The van der Waals surface area contributed by atoms with Gasteiger partial charge in [0.15, 0.2) is 6.23 Å². The van der Waals surface area contributed by atoms with Crippen LogP contribution in [-0.4, -0.2) is 49.8 Å². The molecule has 1 aliphatic heterocycles. The van der Waals surface area contributed by atoms with Crippen LogP contribution in [0.4, 0.5) is 5.82 Å². The number of ether oxygens (including phenoxy) is 1. The maximum absolute atomic E-state index is 11.5. The molecule has 8 heteroatoms. The van der Waals surface area contributed by atoms with E-state index >= 15 is 0 Å². The maximum atomic E-state index is 11.5. The number of hydrogen-bond acceptors (Lipinski definition) is 7. The first-order chi connectivity index (χ1) is 8.04. The molecule has 5 N–H and O–H groups in total. The second-order valence-corrected chi connectivity index (χ2v) is 3.77. The number of rotatable bonds is 2. The number of hydrogen-bond donors (Lipinski definition) is 4. The highest BCUT2D eigenvalue weighted by atomic mass is 16.6.